The molecule has 2 rings (SSSR count). The molecule has 1 amide bonds. The lowest BCUT2D eigenvalue weighted by Gasteiger charge is -2.19. The summed E-state index contributed by atoms with van der Waals surface area (Å²) in [5.41, 5.74) is -0.0680. The third-order valence-corrected chi connectivity index (χ3v) is 5.20. The first-order chi connectivity index (χ1) is 18.8. The number of ketones is 2. The van der Waals surface area contributed by atoms with Gasteiger partial charge in [0, 0.05) is 23.1 Å². The molecule has 0 spiro atoms. The molecule has 0 bridgehead atoms. The normalized spacial score (nSPS) is 11.5. The number of nitrogens with one attached hydrogen (secondary N) is 2. The lowest BCUT2D eigenvalue weighted by Crippen LogP contribution is -2.36. The van der Waals surface area contributed by atoms with Crippen molar-refractivity contribution in [3.8, 4) is 5.75 Å². The van der Waals surface area contributed by atoms with Crippen LogP contribution in [0, 0.1) is 11.3 Å². The Morgan fingerprint density at radius 1 is 0.825 bits per heavy atom. The van der Waals surface area contributed by atoms with E-state index in [0.29, 0.717) is 11.3 Å². The van der Waals surface area contributed by atoms with Crippen LogP contribution >= 0.6 is 0 Å². The molecule has 0 aliphatic rings. The molecule has 0 aromatic heterocycles. The van der Waals surface area contributed by atoms with Crippen LogP contribution in [0.1, 0.15) is 67.3 Å². The van der Waals surface area contributed by atoms with Gasteiger partial charge < -0.3 is 18.9 Å². The zero-order valence-corrected chi connectivity index (χ0v) is 23.2. The highest BCUT2D eigenvalue weighted by Crippen LogP contribution is 2.20. The van der Waals surface area contributed by atoms with Gasteiger partial charge in [-0.1, -0.05) is 24.3 Å². The van der Waals surface area contributed by atoms with E-state index in [1.807, 2.05) is 0 Å². The summed E-state index contributed by atoms with van der Waals surface area (Å²) in [7, 11) is 0. The Bertz CT molecular complexity index is 1230. The van der Waals surface area contributed by atoms with E-state index < -0.39 is 47.5 Å². The Balaban J connectivity index is 2.12. The molecular formula is C29H34N2O9. The second kappa shape index (κ2) is 14.6. The number of amidine groups is 1. The Labute approximate surface area is 232 Å². The van der Waals surface area contributed by atoms with Crippen LogP contribution in [-0.4, -0.2) is 60.9 Å². The lowest BCUT2D eigenvalue weighted by molar-refractivity contribution is -0.146. The third kappa shape index (κ3) is 9.97. The molecule has 2 N–H and O–H groups in total. The first-order valence-electron chi connectivity index (χ1n) is 12.7. The van der Waals surface area contributed by atoms with Gasteiger partial charge in [-0.25, -0.2) is 9.59 Å². The van der Waals surface area contributed by atoms with Crippen molar-refractivity contribution in [3.05, 3.63) is 65.2 Å². The fraction of sp³-hybridized carbons (Fsp3) is 0.379. The topological polar surface area (TPSA) is 158 Å². The first kappa shape index (κ1) is 31.7. The summed E-state index contributed by atoms with van der Waals surface area (Å²) >= 11 is 0. The van der Waals surface area contributed by atoms with Crippen LogP contribution in [-0.2, 0) is 23.8 Å². The molecule has 0 saturated carbocycles. The third-order valence-electron chi connectivity index (χ3n) is 5.20. The van der Waals surface area contributed by atoms with E-state index >= 15 is 0 Å². The highest BCUT2D eigenvalue weighted by molar-refractivity contribution is 6.13. The van der Waals surface area contributed by atoms with Crippen LogP contribution < -0.4 is 10.1 Å². The fourth-order valence-electron chi connectivity index (χ4n) is 3.39. The molecule has 11 heteroatoms. The summed E-state index contributed by atoms with van der Waals surface area (Å²) in [4.78, 5) is 62.2. The molecule has 0 aliphatic carbocycles. The van der Waals surface area contributed by atoms with Crippen LogP contribution in [0.2, 0.25) is 0 Å². The van der Waals surface area contributed by atoms with E-state index in [4.69, 9.17) is 24.4 Å². The summed E-state index contributed by atoms with van der Waals surface area (Å²) < 4.78 is 20.3. The van der Waals surface area contributed by atoms with Gasteiger partial charge in [0.2, 0.25) is 0 Å². The summed E-state index contributed by atoms with van der Waals surface area (Å²) in [6.07, 6.45) is -1.23. The van der Waals surface area contributed by atoms with Crippen molar-refractivity contribution in [1.82, 2.24) is 5.32 Å². The minimum Gasteiger partial charge on any atom is -0.482 e. The van der Waals surface area contributed by atoms with Crippen molar-refractivity contribution in [2.24, 2.45) is 5.92 Å². The summed E-state index contributed by atoms with van der Waals surface area (Å²) in [6.45, 7) is 8.33. The predicted molar refractivity (Wildman–Crippen MR) is 145 cm³/mol. The van der Waals surface area contributed by atoms with Gasteiger partial charge in [-0.05, 0) is 58.9 Å². The molecule has 40 heavy (non-hydrogen) atoms. The molecule has 0 heterocycles. The minimum absolute atomic E-state index is 0.0236. The number of alkyl carbamates (subject to hydrolysis) is 1. The van der Waals surface area contributed by atoms with Crippen LogP contribution in [0.15, 0.2) is 48.5 Å². The number of esters is 2. The molecule has 0 saturated heterocycles. The quantitative estimate of drug-likeness (QED) is 0.0983. The number of benzene rings is 2. The van der Waals surface area contributed by atoms with Gasteiger partial charge in [-0.15, -0.1) is 0 Å². The van der Waals surface area contributed by atoms with Crippen molar-refractivity contribution in [2.45, 2.75) is 46.6 Å². The minimum atomic E-state index is -1.39. The van der Waals surface area contributed by atoms with E-state index in [2.05, 4.69) is 5.32 Å². The summed E-state index contributed by atoms with van der Waals surface area (Å²) in [6, 6.07) is 11.6. The number of ether oxygens (including phenoxy) is 4. The molecule has 0 radical (unpaired) electrons. The maximum absolute atomic E-state index is 13.2. The molecule has 2 aromatic rings. The molecule has 0 fully saturated rings. The maximum atomic E-state index is 13.2. The van der Waals surface area contributed by atoms with Gasteiger partial charge in [-0.3, -0.25) is 25.1 Å². The fourth-order valence-corrected chi connectivity index (χ4v) is 3.39. The van der Waals surface area contributed by atoms with E-state index in [1.165, 1.54) is 48.5 Å². The number of rotatable bonds is 12. The monoisotopic (exact) mass is 554 g/mol. The average Bonchev–Trinajstić information content (AvgIpc) is 2.89. The lowest BCUT2D eigenvalue weighted by atomic mass is 9.90. The van der Waals surface area contributed by atoms with Crippen molar-refractivity contribution in [1.29, 1.82) is 5.41 Å². The number of carbonyl (C=O) groups is 5. The van der Waals surface area contributed by atoms with Crippen LogP contribution in [0.5, 0.6) is 5.75 Å². The van der Waals surface area contributed by atoms with E-state index in [9.17, 15) is 24.0 Å². The Morgan fingerprint density at radius 2 is 1.38 bits per heavy atom. The SMILES string of the molecule is CCOC(=O)COc1ccc(C(=O)CC(C(=O)OCC)C(=O)c2ccc(C(=N)NC(=O)OC(C)(C)C)cc2)cc1. The zero-order chi connectivity index (χ0) is 29.9. The van der Waals surface area contributed by atoms with Crippen molar-refractivity contribution in [2.75, 3.05) is 19.8 Å². The van der Waals surface area contributed by atoms with Crippen molar-refractivity contribution < 1.29 is 42.9 Å². The second-order valence-electron chi connectivity index (χ2n) is 9.49. The number of carbonyl (C=O) groups excluding carboxylic acids is 5. The van der Waals surface area contributed by atoms with Gasteiger partial charge in [0.15, 0.2) is 18.2 Å². The number of hydrogen-bond donors (Lipinski definition) is 2. The molecule has 1 atom stereocenters. The van der Waals surface area contributed by atoms with Gasteiger partial charge in [0.05, 0.1) is 13.2 Å². The van der Waals surface area contributed by atoms with Gasteiger partial charge in [-0.2, -0.15) is 0 Å². The number of amides is 1. The standard InChI is InChI=1S/C29H34N2O9/c1-6-37-24(33)17-39-21-14-12-18(13-15-21)23(32)16-22(27(35)38-7-2)25(34)19-8-10-20(11-9-19)26(30)31-28(36)40-29(3,4)5/h8-15,22H,6-7,16-17H2,1-5H3,(H2,30,31,36). The van der Waals surface area contributed by atoms with Gasteiger partial charge in [0.25, 0.3) is 0 Å². The molecule has 11 nitrogen and oxygen atoms in total. The highest BCUT2D eigenvalue weighted by Gasteiger charge is 2.32. The van der Waals surface area contributed by atoms with Crippen molar-refractivity contribution in [3.63, 3.8) is 0 Å². The number of Topliss-reactive ketones (excluding diaryl/α,β-unsaturated/α-hetero) is 2. The largest absolute Gasteiger partial charge is 0.482 e. The predicted octanol–water partition coefficient (Wildman–Crippen LogP) is 4.11. The Hall–Kier alpha value is -4.54. The Kier molecular flexibility index (Phi) is 11.5. The molecule has 0 aliphatic heterocycles. The van der Waals surface area contributed by atoms with Crippen LogP contribution in [0.4, 0.5) is 4.79 Å². The Morgan fingerprint density at radius 3 is 1.93 bits per heavy atom. The molecule has 214 valence electrons. The molecule has 1 unspecified atom stereocenters. The van der Waals surface area contributed by atoms with Gasteiger partial charge in [0.1, 0.15) is 23.1 Å². The highest BCUT2D eigenvalue weighted by atomic mass is 16.6. The number of hydrogen-bond acceptors (Lipinski definition) is 10. The van der Waals surface area contributed by atoms with E-state index in [1.54, 1.807) is 34.6 Å². The average molecular weight is 555 g/mol. The summed E-state index contributed by atoms with van der Waals surface area (Å²) in [5.74, 6) is -3.74. The van der Waals surface area contributed by atoms with E-state index in [0.717, 1.165) is 0 Å². The molecule has 2 aromatic carbocycles. The van der Waals surface area contributed by atoms with E-state index in [-0.39, 0.29) is 36.8 Å². The van der Waals surface area contributed by atoms with Crippen molar-refractivity contribution >= 4 is 35.4 Å². The maximum Gasteiger partial charge on any atom is 0.413 e. The molecular weight excluding hydrogens is 520 g/mol. The zero-order valence-electron chi connectivity index (χ0n) is 23.2. The smallest absolute Gasteiger partial charge is 0.413 e. The van der Waals surface area contributed by atoms with Crippen LogP contribution in [0.25, 0.3) is 0 Å². The first-order valence-corrected chi connectivity index (χ1v) is 12.7. The van der Waals surface area contributed by atoms with Gasteiger partial charge >= 0.3 is 18.0 Å². The second-order valence-corrected chi connectivity index (χ2v) is 9.49. The summed E-state index contributed by atoms with van der Waals surface area (Å²) in [5, 5.41) is 10.4. The van der Waals surface area contributed by atoms with Crippen LogP contribution in [0.3, 0.4) is 0 Å².